The Balaban J connectivity index is 1.59. The van der Waals surface area contributed by atoms with Crippen LogP contribution in [0.2, 0.25) is 0 Å². The predicted molar refractivity (Wildman–Crippen MR) is 134 cm³/mol. The summed E-state index contributed by atoms with van der Waals surface area (Å²) in [6, 6.07) is 17.1. The number of thioether (sulfide) groups is 1. The minimum absolute atomic E-state index is 0.365. The molecule has 1 N–H and O–H groups in total. The first kappa shape index (κ1) is 23.1. The molecule has 0 spiro atoms. The number of aromatic nitrogens is 3. The molecule has 0 aliphatic rings. The molecule has 0 saturated carbocycles. The van der Waals surface area contributed by atoms with Crippen LogP contribution in [-0.2, 0) is 15.8 Å². The maximum Gasteiger partial charge on any atom is 0.264 e. The van der Waals surface area contributed by atoms with Crippen molar-refractivity contribution >= 4 is 27.5 Å². The van der Waals surface area contributed by atoms with Crippen molar-refractivity contribution in [3.8, 4) is 11.4 Å². The summed E-state index contributed by atoms with van der Waals surface area (Å²) in [6.45, 7) is 5.66. The number of hydrogen-bond acceptors (Lipinski definition) is 5. The largest absolute Gasteiger partial charge is 0.332 e. The van der Waals surface area contributed by atoms with Gasteiger partial charge in [-0.2, -0.15) is 0 Å². The highest BCUT2D eigenvalue weighted by Gasteiger charge is 2.26. The molecule has 0 fully saturated rings. The van der Waals surface area contributed by atoms with Gasteiger partial charge in [0.15, 0.2) is 5.16 Å². The summed E-state index contributed by atoms with van der Waals surface area (Å²) in [4.78, 5) is 12.4. The number of aryl methyl sites for hydroxylation is 3. The molecule has 2 heterocycles. The fraction of sp³-hybridized carbons (Fsp3) is 0.200. The van der Waals surface area contributed by atoms with Gasteiger partial charge in [-0.3, -0.25) is 9.29 Å². The number of anilines is 1. The van der Waals surface area contributed by atoms with Crippen molar-refractivity contribution < 1.29 is 8.42 Å². The van der Waals surface area contributed by atoms with E-state index in [1.165, 1.54) is 16.1 Å². The van der Waals surface area contributed by atoms with Crippen LogP contribution in [0.25, 0.3) is 11.4 Å². The zero-order valence-electron chi connectivity index (χ0n) is 19.0. The average molecular weight is 479 g/mol. The number of benzene rings is 2. The molecular weight excluding hydrogens is 452 g/mol. The van der Waals surface area contributed by atoms with Gasteiger partial charge in [-0.1, -0.05) is 53.7 Å². The molecule has 0 saturated heterocycles. The first-order valence-electron chi connectivity index (χ1n) is 10.5. The second-order valence-corrected chi connectivity index (χ2v) is 10.8. The van der Waals surface area contributed by atoms with Gasteiger partial charge < -0.3 is 4.98 Å². The van der Waals surface area contributed by atoms with Crippen molar-refractivity contribution in [1.82, 2.24) is 15.0 Å². The van der Waals surface area contributed by atoms with Crippen LogP contribution >= 0.6 is 11.8 Å². The van der Waals surface area contributed by atoms with Crippen molar-refractivity contribution in [2.24, 2.45) is 0 Å². The monoisotopic (exact) mass is 478 g/mol. The van der Waals surface area contributed by atoms with Gasteiger partial charge in [0.05, 0.1) is 28.2 Å². The highest BCUT2D eigenvalue weighted by atomic mass is 32.2. The van der Waals surface area contributed by atoms with E-state index in [0.29, 0.717) is 16.3 Å². The van der Waals surface area contributed by atoms with Crippen LogP contribution in [-0.4, -0.2) is 30.4 Å². The second kappa shape index (κ2) is 9.41. The molecule has 8 heteroatoms. The van der Waals surface area contributed by atoms with Crippen molar-refractivity contribution in [1.29, 1.82) is 0 Å². The lowest BCUT2D eigenvalue weighted by atomic mass is 10.1. The van der Waals surface area contributed by atoms with Crippen LogP contribution in [0.15, 0.2) is 77.0 Å². The first-order chi connectivity index (χ1) is 15.8. The van der Waals surface area contributed by atoms with Crippen LogP contribution in [0.3, 0.4) is 0 Å². The summed E-state index contributed by atoms with van der Waals surface area (Å²) < 4.78 is 28.5. The quantitative estimate of drug-likeness (QED) is 0.354. The molecule has 0 radical (unpaired) electrons. The van der Waals surface area contributed by atoms with E-state index in [4.69, 9.17) is 0 Å². The summed E-state index contributed by atoms with van der Waals surface area (Å²) in [5.41, 5.74) is 5.79. The molecule has 0 atom stereocenters. The third-order valence-electron chi connectivity index (χ3n) is 5.41. The van der Waals surface area contributed by atoms with Gasteiger partial charge in [-0.05, 0) is 55.7 Å². The van der Waals surface area contributed by atoms with Gasteiger partial charge in [-0.25, -0.2) is 13.4 Å². The van der Waals surface area contributed by atoms with E-state index in [0.717, 1.165) is 38.8 Å². The fourth-order valence-electron chi connectivity index (χ4n) is 3.95. The van der Waals surface area contributed by atoms with Crippen molar-refractivity contribution in [3.63, 3.8) is 0 Å². The predicted octanol–water partition coefficient (Wildman–Crippen LogP) is 5.51. The third kappa shape index (κ3) is 4.82. The number of hydrogen-bond donors (Lipinski definition) is 1. The van der Waals surface area contributed by atoms with Crippen molar-refractivity contribution in [2.45, 2.75) is 36.6 Å². The Kier molecular flexibility index (Phi) is 6.58. The third-order valence-corrected chi connectivity index (χ3v) is 8.43. The van der Waals surface area contributed by atoms with E-state index < -0.39 is 10.0 Å². The van der Waals surface area contributed by atoms with Crippen LogP contribution in [0.1, 0.15) is 22.3 Å². The Bertz CT molecular complexity index is 1360. The molecule has 0 unspecified atom stereocenters. The summed E-state index contributed by atoms with van der Waals surface area (Å²) in [5, 5.41) is 0.751. The van der Waals surface area contributed by atoms with E-state index >= 15 is 0 Å². The van der Waals surface area contributed by atoms with E-state index in [1.54, 1.807) is 19.4 Å². The molecule has 6 nitrogen and oxygen atoms in total. The summed E-state index contributed by atoms with van der Waals surface area (Å²) in [6.07, 6.45) is 3.50. The molecule has 0 aliphatic heterocycles. The molecule has 170 valence electrons. The summed E-state index contributed by atoms with van der Waals surface area (Å²) in [7, 11) is -2.10. The Morgan fingerprint density at radius 1 is 0.970 bits per heavy atom. The van der Waals surface area contributed by atoms with E-state index in [2.05, 4.69) is 15.0 Å². The van der Waals surface area contributed by atoms with Crippen LogP contribution < -0.4 is 4.31 Å². The topological polar surface area (TPSA) is 79.0 Å². The molecule has 33 heavy (non-hydrogen) atoms. The Hall–Kier alpha value is -3.10. The van der Waals surface area contributed by atoms with Gasteiger partial charge >= 0.3 is 0 Å². The number of rotatable bonds is 7. The van der Waals surface area contributed by atoms with Gasteiger partial charge in [-0.15, -0.1) is 0 Å². The number of sulfonamides is 1. The standard InChI is InChI=1S/C25H26N4O2S2/c1-17-13-18(2)24(19(3)14-17)33(30,31)29(4)23-11-6-5-9-20(23)16-32-25-27-15-22(28-25)21-10-7-8-12-26-21/h5-15H,16H2,1-4H3,(H,27,28). The fourth-order valence-corrected chi connectivity index (χ4v) is 6.44. The molecule has 2 aromatic heterocycles. The maximum absolute atomic E-state index is 13.6. The van der Waals surface area contributed by atoms with Crippen molar-refractivity contribution in [2.75, 3.05) is 11.4 Å². The smallest absolute Gasteiger partial charge is 0.264 e. The number of nitrogens with one attached hydrogen (secondary N) is 1. The lowest BCUT2D eigenvalue weighted by molar-refractivity contribution is 0.593. The number of aromatic amines is 1. The zero-order chi connectivity index (χ0) is 23.6. The molecule has 2 aromatic carbocycles. The highest BCUT2D eigenvalue weighted by molar-refractivity contribution is 7.98. The molecular formula is C25H26N4O2S2. The molecule has 4 aromatic rings. The Labute approximate surface area is 199 Å². The number of pyridine rings is 1. The Morgan fingerprint density at radius 2 is 1.67 bits per heavy atom. The molecule has 0 aliphatic carbocycles. The van der Waals surface area contributed by atoms with Gasteiger partial charge in [0.1, 0.15) is 0 Å². The average Bonchev–Trinajstić information content (AvgIpc) is 3.26. The number of para-hydroxylation sites is 1. The van der Waals surface area contributed by atoms with E-state index in [-0.39, 0.29) is 0 Å². The SMILES string of the molecule is Cc1cc(C)c(S(=O)(=O)N(C)c2ccccc2CSc2ncc(-c3ccccn3)[nH]2)c(C)c1. The normalized spacial score (nSPS) is 11.5. The molecule has 0 bridgehead atoms. The second-order valence-electron chi connectivity index (χ2n) is 7.93. The highest BCUT2D eigenvalue weighted by Crippen LogP contribution is 2.32. The maximum atomic E-state index is 13.6. The van der Waals surface area contributed by atoms with Crippen molar-refractivity contribution in [3.05, 3.63) is 89.2 Å². The van der Waals surface area contributed by atoms with Crippen LogP contribution in [0, 0.1) is 20.8 Å². The zero-order valence-corrected chi connectivity index (χ0v) is 20.7. The van der Waals surface area contributed by atoms with Gasteiger partial charge in [0.2, 0.25) is 0 Å². The van der Waals surface area contributed by atoms with E-state index in [9.17, 15) is 8.42 Å². The van der Waals surface area contributed by atoms with Gasteiger partial charge in [0, 0.05) is 19.0 Å². The van der Waals surface area contributed by atoms with Crippen LogP contribution in [0.5, 0.6) is 0 Å². The number of nitrogens with zero attached hydrogens (tertiary/aromatic N) is 3. The summed E-state index contributed by atoms with van der Waals surface area (Å²) in [5.74, 6) is 0.567. The molecule has 0 amide bonds. The number of H-pyrrole nitrogens is 1. The summed E-state index contributed by atoms with van der Waals surface area (Å²) >= 11 is 1.52. The van der Waals surface area contributed by atoms with Gasteiger partial charge in [0.25, 0.3) is 10.0 Å². The van der Waals surface area contributed by atoms with Crippen LogP contribution in [0.4, 0.5) is 5.69 Å². The lowest BCUT2D eigenvalue weighted by Crippen LogP contribution is -2.28. The van der Waals surface area contributed by atoms with E-state index in [1.807, 2.05) is 75.4 Å². The first-order valence-corrected chi connectivity index (χ1v) is 12.9. The minimum Gasteiger partial charge on any atom is -0.332 e. The Morgan fingerprint density at radius 3 is 2.36 bits per heavy atom. The lowest BCUT2D eigenvalue weighted by Gasteiger charge is -2.24. The number of imidazole rings is 1. The molecule has 4 rings (SSSR count). The minimum atomic E-state index is -3.72.